The molecule has 2 heterocycles. The van der Waals surface area contributed by atoms with Gasteiger partial charge in [0.25, 0.3) is 0 Å². The Hall–Kier alpha value is -3.14. The summed E-state index contributed by atoms with van der Waals surface area (Å²) in [4.78, 5) is 8.48. The maximum Gasteiger partial charge on any atom is 0.155 e. The van der Waals surface area contributed by atoms with Gasteiger partial charge in [0.15, 0.2) is 5.65 Å². The van der Waals surface area contributed by atoms with Gasteiger partial charge < -0.3 is 4.74 Å². The number of aromatic nitrogens is 3. The molecule has 22 heavy (non-hydrogen) atoms. The molecule has 0 spiro atoms. The minimum absolute atomic E-state index is 0.798. The van der Waals surface area contributed by atoms with Crippen molar-refractivity contribution in [1.29, 1.82) is 0 Å². The molecule has 0 saturated carbocycles. The molecule has 106 valence electrons. The minimum atomic E-state index is 0.798. The second kappa shape index (κ2) is 5.33. The van der Waals surface area contributed by atoms with Crippen LogP contribution in [0.15, 0.2) is 79.4 Å². The molecule has 2 aromatic carbocycles. The Balaban J connectivity index is 1.82. The van der Waals surface area contributed by atoms with Crippen molar-refractivity contribution < 1.29 is 4.74 Å². The highest BCUT2D eigenvalue weighted by atomic mass is 16.5. The van der Waals surface area contributed by atoms with E-state index in [0.29, 0.717) is 0 Å². The van der Waals surface area contributed by atoms with Crippen LogP contribution in [0, 0.1) is 0 Å². The number of rotatable bonds is 3. The highest BCUT2D eigenvalue weighted by Gasteiger charge is 2.11. The van der Waals surface area contributed by atoms with Crippen molar-refractivity contribution in [1.82, 2.24) is 14.4 Å². The van der Waals surface area contributed by atoms with Gasteiger partial charge in [0.2, 0.25) is 0 Å². The SMILES string of the molecule is c1ccc(Oc2ccccc2-c2cnc3cnccn23)cc1. The van der Waals surface area contributed by atoms with Gasteiger partial charge in [-0.3, -0.25) is 9.38 Å². The van der Waals surface area contributed by atoms with Crippen molar-refractivity contribution in [3.63, 3.8) is 0 Å². The van der Waals surface area contributed by atoms with Crippen LogP contribution in [-0.2, 0) is 0 Å². The molecule has 4 nitrogen and oxygen atoms in total. The fraction of sp³-hybridized carbons (Fsp3) is 0. The van der Waals surface area contributed by atoms with Crippen LogP contribution >= 0.6 is 0 Å². The third-order valence-corrected chi connectivity index (χ3v) is 3.45. The summed E-state index contributed by atoms with van der Waals surface area (Å²) in [7, 11) is 0. The predicted octanol–water partition coefficient (Wildman–Crippen LogP) is 4.19. The van der Waals surface area contributed by atoms with Crippen molar-refractivity contribution >= 4 is 5.65 Å². The first-order valence-corrected chi connectivity index (χ1v) is 7.01. The van der Waals surface area contributed by atoms with E-state index in [1.807, 2.05) is 71.4 Å². The van der Waals surface area contributed by atoms with Crippen LogP contribution < -0.4 is 4.74 Å². The predicted molar refractivity (Wildman–Crippen MR) is 84.9 cm³/mol. The van der Waals surface area contributed by atoms with Gasteiger partial charge in [0.05, 0.1) is 18.1 Å². The molecule has 0 N–H and O–H groups in total. The largest absolute Gasteiger partial charge is 0.457 e. The van der Waals surface area contributed by atoms with Crippen LogP contribution in [-0.4, -0.2) is 14.4 Å². The van der Waals surface area contributed by atoms with Gasteiger partial charge >= 0.3 is 0 Å². The van der Waals surface area contributed by atoms with Crippen molar-refractivity contribution in [3.8, 4) is 22.8 Å². The lowest BCUT2D eigenvalue weighted by molar-refractivity contribution is 0.484. The molecule has 0 saturated heterocycles. The first-order valence-electron chi connectivity index (χ1n) is 7.01. The van der Waals surface area contributed by atoms with E-state index < -0.39 is 0 Å². The molecule has 4 aromatic rings. The Morgan fingerprint density at radius 1 is 0.864 bits per heavy atom. The number of fused-ring (bicyclic) bond motifs is 1. The summed E-state index contributed by atoms with van der Waals surface area (Å²) in [6, 6.07) is 17.7. The molecule has 0 radical (unpaired) electrons. The monoisotopic (exact) mass is 287 g/mol. The van der Waals surface area contributed by atoms with E-state index in [-0.39, 0.29) is 0 Å². The Bertz CT molecular complexity index is 916. The molecule has 0 aliphatic carbocycles. The zero-order chi connectivity index (χ0) is 14.8. The zero-order valence-corrected chi connectivity index (χ0v) is 11.8. The van der Waals surface area contributed by atoms with Gasteiger partial charge in [-0.15, -0.1) is 0 Å². The Morgan fingerprint density at radius 2 is 1.68 bits per heavy atom. The van der Waals surface area contributed by atoms with Gasteiger partial charge in [0.1, 0.15) is 11.5 Å². The molecular formula is C18H13N3O. The van der Waals surface area contributed by atoms with Crippen LogP contribution in [0.3, 0.4) is 0 Å². The fourth-order valence-corrected chi connectivity index (χ4v) is 2.42. The van der Waals surface area contributed by atoms with E-state index in [4.69, 9.17) is 4.74 Å². The lowest BCUT2D eigenvalue weighted by atomic mass is 10.1. The molecule has 0 fully saturated rings. The van der Waals surface area contributed by atoms with E-state index in [1.54, 1.807) is 12.4 Å². The van der Waals surface area contributed by atoms with Gasteiger partial charge in [-0.2, -0.15) is 0 Å². The molecule has 0 unspecified atom stereocenters. The Kier molecular flexibility index (Phi) is 3.05. The normalized spacial score (nSPS) is 10.7. The number of nitrogens with zero attached hydrogens (tertiary/aromatic N) is 3. The van der Waals surface area contributed by atoms with E-state index in [1.165, 1.54) is 0 Å². The fourth-order valence-electron chi connectivity index (χ4n) is 2.42. The maximum atomic E-state index is 6.03. The smallest absolute Gasteiger partial charge is 0.155 e. The van der Waals surface area contributed by atoms with Crippen molar-refractivity contribution in [2.75, 3.05) is 0 Å². The van der Waals surface area contributed by atoms with E-state index in [0.717, 1.165) is 28.4 Å². The topological polar surface area (TPSA) is 39.4 Å². The zero-order valence-electron chi connectivity index (χ0n) is 11.8. The molecule has 2 aromatic heterocycles. The van der Waals surface area contributed by atoms with Gasteiger partial charge in [-0.25, -0.2) is 4.98 Å². The van der Waals surface area contributed by atoms with E-state index >= 15 is 0 Å². The standard InChI is InChI=1S/C18H13N3O/c1-2-6-14(7-3-1)22-17-9-5-4-8-15(17)16-12-20-18-13-19-10-11-21(16)18/h1-13H. The van der Waals surface area contributed by atoms with Crippen LogP contribution in [0.2, 0.25) is 0 Å². The molecule has 4 rings (SSSR count). The van der Waals surface area contributed by atoms with Crippen LogP contribution in [0.5, 0.6) is 11.5 Å². The lowest BCUT2D eigenvalue weighted by Gasteiger charge is -2.10. The number of hydrogen-bond donors (Lipinski definition) is 0. The highest BCUT2D eigenvalue weighted by Crippen LogP contribution is 2.33. The van der Waals surface area contributed by atoms with Gasteiger partial charge in [-0.1, -0.05) is 30.3 Å². The lowest BCUT2D eigenvalue weighted by Crippen LogP contribution is -1.92. The summed E-state index contributed by atoms with van der Waals surface area (Å²) in [6.45, 7) is 0. The van der Waals surface area contributed by atoms with Crippen LogP contribution in [0.25, 0.3) is 16.9 Å². The first-order chi connectivity index (χ1) is 10.9. The molecule has 4 heteroatoms. The number of hydrogen-bond acceptors (Lipinski definition) is 3. The molecule has 0 bridgehead atoms. The average molecular weight is 287 g/mol. The number of benzene rings is 2. The summed E-state index contributed by atoms with van der Waals surface area (Å²) < 4.78 is 8.03. The van der Waals surface area contributed by atoms with Gasteiger partial charge in [-0.05, 0) is 24.3 Å². The third kappa shape index (κ3) is 2.20. The average Bonchev–Trinajstić information content (AvgIpc) is 3.00. The summed E-state index contributed by atoms with van der Waals surface area (Å²) in [6.07, 6.45) is 7.23. The van der Waals surface area contributed by atoms with Crippen molar-refractivity contribution in [3.05, 3.63) is 79.4 Å². The van der Waals surface area contributed by atoms with Crippen LogP contribution in [0.1, 0.15) is 0 Å². The first kappa shape index (κ1) is 12.6. The second-order valence-corrected chi connectivity index (χ2v) is 4.86. The van der Waals surface area contributed by atoms with Gasteiger partial charge in [0, 0.05) is 18.0 Å². The summed E-state index contributed by atoms with van der Waals surface area (Å²) in [5.41, 5.74) is 2.78. The summed E-state index contributed by atoms with van der Waals surface area (Å²) >= 11 is 0. The Labute approximate surface area is 127 Å². The van der Waals surface area contributed by atoms with Crippen molar-refractivity contribution in [2.45, 2.75) is 0 Å². The number of ether oxygens (including phenoxy) is 1. The minimum Gasteiger partial charge on any atom is -0.457 e. The third-order valence-electron chi connectivity index (χ3n) is 3.45. The number of imidazole rings is 1. The molecule has 0 amide bonds. The Morgan fingerprint density at radius 3 is 2.59 bits per heavy atom. The van der Waals surface area contributed by atoms with Crippen LogP contribution in [0.4, 0.5) is 0 Å². The molecule has 0 aliphatic heterocycles. The maximum absolute atomic E-state index is 6.03. The van der Waals surface area contributed by atoms with E-state index in [2.05, 4.69) is 9.97 Å². The molecule has 0 atom stereocenters. The highest BCUT2D eigenvalue weighted by molar-refractivity contribution is 5.70. The summed E-state index contributed by atoms with van der Waals surface area (Å²) in [5, 5.41) is 0. The van der Waals surface area contributed by atoms with Crippen molar-refractivity contribution in [2.24, 2.45) is 0 Å². The quantitative estimate of drug-likeness (QED) is 0.567. The second-order valence-electron chi connectivity index (χ2n) is 4.86. The number of para-hydroxylation sites is 2. The summed E-state index contributed by atoms with van der Waals surface area (Å²) in [5.74, 6) is 1.61. The van der Waals surface area contributed by atoms with E-state index in [9.17, 15) is 0 Å². The molecule has 0 aliphatic rings. The molecular weight excluding hydrogens is 274 g/mol.